The standard InChI is InChI=1S/C12H23NO/c1-10(14-2)12(13)11-8-6-4-3-5-7-9-11/h8,10,12H,3-7,9,13H2,1-2H3. The maximum absolute atomic E-state index is 6.13. The average Bonchev–Trinajstić information content (AvgIpc) is 2.15. The van der Waals surface area contributed by atoms with Crippen molar-refractivity contribution in [2.24, 2.45) is 5.73 Å². The first-order valence-corrected chi connectivity index (χ1v) is 5.73. The molecular weight excluding hydrogens is 174 g/mol. The van der Waals surface area contributed by atoms with Gasteiger partial charge in [0.05, 0.1) is 12.1 Å². The number of ether oxygens (including phenoxy) is 1. The van der Waals surface area contributed by atoms with E-state index in [0.717, 1.165) is 6.42 Å². The average molecular weight is 197 g/mol. The van der Waals surface area contributed by atoms with Crippen LogP contribution >= 0.6 is 0 Å². The summed E-state index contributed by atoms with van der Waals surface area (Å²) in [6.07, 6.45) is 10.2. The molecule has 14 heavy (non-hydrogen) atoms. The monoisotopic (exact) mass is 197 g/mol. The van der Waals surface area contributed by atoms with Gasteiger partial charge in [0.25, 0.3) is 0 Å². The smallest absolute Gasteiger partial charge is 0.0732 e. The fourth-order valence-corrected chi connectivity index (χ4v) is 1.97. The number of hydrogen-bond donors (Lipinski definition) is 1. The molecule has 0 spiro atoms. The predicted molar refractivity (Wildman–Crippen MR) is 60.2 cm³/mol. The van der Waals surface area contributed by atoms with E-state index in [-0.39, 0.29) is 12.1 Å². The number of hydrogen-bond acceptors (Lipinski definition) is 2. The molecule has 2 unspecified atom stereocenters. The number of methoxy groups -OCH3 is 1. The summed E-state index contributed by atoms with van der Waals surface area (Å²) in [5.41, 5.74) is 7.53. The molecule has 1 rings (SSSR count). The van der Waals surface area contributed by atoms with Crippen LogP contribution in [0.2, 0.25) is 0 Å². The van der Waals surface area contributed by atoms with Crippen LogP contribution in [0.4, 0.5) is 0 Å². The molecule has 0 aromatic rings. The van der Waals surface area contributed by atoms with Gasteiger partial charge in [-0.05, 0) is 32.6 Å². The minimum Gasteiger partial charge on any atom is -0.380 e. The molecule has 0 saturated heterocycles. The van der Waals surface area contributed by atoms with Crippen molar-refractivity contribution in [2.75, 3.05) is 7.11 Å². The third-order valence-electron chi connectivity index (χ3n) is 3.13. The van der Waals surface area contributed by atoms with Gasteiger partial charge >= 0.3 is 0 Å². The first-order valence-electron chi connectivity index (χ1n) is 5.73. The molecule has 2 atom stereocenters. The normalized spacial score (nSPS) is 23.2. The van der Waals surface area contributed by atoms with E-state index in [9.17, 15) is 0 Å². The zero-order valence-electron chi connectivity index (χ0n) is 9.46. The second-order valence-electron chi connectivity index (χ2n) is 4.20. The highest BCUT2D eigenvalue weighted by Crippen LogP contribution is 2.20. The van der Waals surface area contributed by atoms with Crippen LogP contribution in [-0.2, 0) is 4.74 Å². The summed E-state index contributed by atoms with van der Waals surface area (Å²) >= 11 is 0. The molecule has 0 bridgehead atoms. The summed E-state index contributed by atoms with van der Waals surface area (Å²) in [4.78, 5) is 0. The number of allylic oxidation sites excluding steroid dienone is 1. The first-order chi connectivity index (χ1) is 6.75. The summed E-state index contributed by atoms with van der Waals surface area (Å²) in [7, 11) is 1.73. The van der Waals surface area contributed by atoms with Crippen LogP contribution < -0.4 is 5.73 Å². The molecule has 1 aliphatic rings. The van der Waals surface area contributed by atoms with E-state index in [1.807, 2.05) is 6.92 Å². The topological polar surface area (TPSA) is 35.2 Å². The lowest BCUT2D eigenvalue weighted by Gasteiger charge is -2.23. The molecular formula is C12H23NO. The Bertz CT molecular complexity index is 189. The van der Waals surface area contributed by atoms with E-state index in [1.54, 1.807) is 7.11 Å². The van der Waals surface area contributed by atoms with Gasteiger partial charge in [-0.15, -0.1) is 0 Å². The van der Waals surface area contributed by atoms with Crippen molar-refractivity contribution in [3.63, 3.8) is 0 Å². The van der Waals surface area contributed by atoms with Crippen molar-refractivity contribution in [3.05, 3.63) is 11.6 Å². The van der Waals surface area contributed by atoms with Gasteiger partial charge in [0.15, 0.2) is 0 Å². The van der Waals surface area contributed by atoms with E-state index in [0.29, 0.717) is 0 Å². The largest absolute Gasteiger partial charge is 0.380 e. The van der Waals surface area contributed by atoms with E-state index >= 15 is 0 Å². The van der Waals surface area contributed by atoms with E-state index in [4.69, 9.17) is 10.5 Å². The van der Waals surface area contributed by atoms with Crippen LogP contribution in [0.25, 0.3) is 0 Å². The molecule has 0 radical (unpaired) electrons. The van der Waals surface area contributed by atoms with Gasteiger partial charge < -0.3 is 10.5 Å². The highest BCUT2D eigenvalue weighted by Gasteiger charge is 2.16. The van der Waals surface area contributed by atoms with Gasteiger partial charge in [-0.1, -0.05) is 24.5 Å². The van der Waals surface area contributed by atoms with E-state index in [1.165, 1.54) is 37.7 Å². The third-order valence-corrected chi connectivity index (χ3v) is 3.13. The molecule has 2 N–H and O–H groups in total. The first kappa shape index (κ1) is 11.7. The Balaban J connectivity index is 2.53. The summed E-state index contributed by atoms with van der Waals surface area (Å²) in [6.45, 7) is 2.05. The van der Waals surface area contributed by atoms with Crippen LogP contribution in [0.5, 0.6) is 0 Å². The van der Waals surface area contributed by atoms with Crippen molar-refractivity contribution < 1.29 is 4.74 Å². The second kappa shape index (κ2) is 6.20. The summed E-state index contributed by atoms with van der Waals surface area (Å²) in [5.74, 6) is 0. The minimum absolute atomic E-state index is 0.0955. The van der Waals surface area contributed by atoms with Crippen molar-refractivity contribution in [1.29, 1.82) is 0 Å². The maximum atomic E-state index is 6.13. The van der Waals surface area contributed by atoms with Gasteiger partial charge in [-0.2, -0.15) is 0 Å². The number of nitrogens with two attached hydrogens (primary N) is 1. The summed E-state index contributed by atoms with van der Waals surface area (Å²) in [6, 6.07) is 0.0955. The second-order valence-corrected chi connectivity index (χ2v) is 4.20. The lowest BCUT2D eigenvalue weighted by atomic mass is 9.93. The highest BCUT2D eigenvalue weighted by atomic mass is 16.5. The van der Waals surface area contributed by atoms with Crippen LogP contribution in [-0.4, -0.2) is 19.3 Å². The molecule has 2 nitrogen and oxygen atoms in total. The summed E-state index contributed by atoms with van der Waals surface area (Å²) in [5, 5.41) is 0. The van der Waals surface area contributed by atoms with Crippen LogP contribution in [0.1, 0.15) is 45.4 Å². The van der Waals surface area contributed by atoms with Gasteiger partial charge in [0, 0.05) is 7.11 Å². The molecule has 0 aromatic carbocycles. The fraction of sp³-hybridized carbons (Fsp3) is 0.833. The third kappa shape index (κ3) is 3.43. The van der Waals surface area contributed by atoms with Crippen molar-refractivity contribution in [3.8, 4) is 0 Å². The lowest BCUT2D eigenvalue weighted by Crippen LogP contribution is -2.35. The molecule has 0 heterocycles. The van der Waals surface area contributed by atoms with Crippen molar-refractivity contribution in [2.45, 2.75) is 57.6 Å². The molecule has 0 aliphatic heterocycles. The Morgan fingerprint density at radius 3 is 2.71 bits per heavy atom. The minimum atomic E-state index is 0.0955. The Morgan fingerprint density at radius 2 is 2.00 bits per heavy atom. The van der Waals surface area contributed by atoms with E-state index in [2.05, 4.69) is 6.08 Å². The van der Waals surface area contributed by atoms with Crippen LogP contribution in [0.15, 0.2) is 11.6 Å². The number of rotatable bonds is 3. The molecule has 0 saturated carbocycles. The Hall–Kier alpha value is -0.340. The van der Waals surface area contributed by atoms with E-state index < -0.39 is 0 Å². The van der Waals surface area contributed by atoms with Crippen molar-refractivity contribution in [1.82, 2.24) is 0 Å². The molecule has 0 amide bonds. The molecule has 2 heteroatoms. The SMILES string of the molecule is COC(C)C(N)C1=CCCCCCC1. The Morgan fingerprint density at radius 1 is 1.29 bits per heavy atom. The lowest BCUT2D eigenvalue weighted by molar-refractivity contribution is 0.104. The highest BCUT2D eigenvalue weighted by molar-refractivity contribution is 5.12. The quantitative estimate of drug-likeness (QED) is 0.706. The molecule has 1 aliphatic carbocycles. The zero-order chi connectivity index (χ0) is 10.4. The van der Waals surface area contributed by atoms with Gasteiger partial charge in [-0.3, -0.25) is 0 Å². The maximum Gasteiger partial charge on any atom is 0.0732 e. The molecule has 0 aromatic heterocycles. The van der Waals surface area contributed by atoms with Crippen LogP contribution in [0, 0.1) is 0 Å². The van der Waals surface area contributed by atoms with Crippen LogP contribution in [0.3, 0.4) is 0 Å². The Kier molecular flexibility index (Phi) is 5.20. The Labute approximate surface area is 87.5 Å². The fourth-order valence-electron chi connectivity index (χ4n) is 1.97. The molecule has 0 fully saturated rings. The zero-order valence-corrected chi connectivity index (χ0v) is 9.46. The summed E-state index contributed by atoms with van der Waals surface area (Å²) < 4.78 is 5.27. The van der Waals surface area contributed by atoms with Gasteiger partial charge in [0.2, 0.25) is 0 Å². The van der Waals surface area contributed by atoms with Gasteiger partial charge in [-0.25, -0.2) is 0 Å². The predicted octanol–water partition coefficient (Wildman–Crippen LogP) is 2.63. The van der Waals surface area contributed by atoms with Crippen molar-refractivity contribution >= 4 is 0 Å². The molecule has 82 valence electrons. The van der Waals surface area contributed by atoms with Gasteiger partial charge in [0.1, 0.15) is 0 Å².